The van der Waals surface area contributed by atoms with E-state index in [-0.39, 0.29) is 29.7 Å². The quantitative estimate of drug-likeness (QED) is 0.607. The number of ketones is 1. The molecular formula is C24H21ClN2O3. The highest BCUT2D eigenvalue weighted by molar-refractivity contribution is 6.30. The van der Waals surface area contributed by atoms with Crippen molar-refractivity contribution in [1.82, 2.24) is 10.2 Å². The van der Waals surface area contributed by atoms with Gasteiger partial charge in [0.15, 0.2) is 5.78 Å². The zero-order chi connectivity index (χ0) is 21.7. The van der Waals surface area contributed by atoms with Gasteiger partial charge < -0.3 is 10.2 Å². The molecule has 0 aliphatic carbocycles. The van der Waals surface area contributed by atoms with Gasteiger partial charge >= 0.3 is 0 Å². The van der Waals surface area contributed by atoms with Crippen LogP contribution in [0.25, 0.3) is 0 Å². The van der Waals surface area contributed by atoms with Crippen LogP contribution in [0.2, 0.25) is 5.02 Å². The summed E-state index contributed by atoms with van der Waals surface area (Å²) in [6.07, 6.45) is 0. The standard InChI is InChI=1S/C24H21ClN2O3/c1-27(2)24(30)18-7-5-6-16(14-18)15-26-23(29)21-9-4-3-8-20(21)22(28)17-10-12-19(25)13-11-17/h3-14H,15H2,1-2H3,(H,26,29). The maximum absolute atomic E-state index is 12.9. The molecule has 1 N–H and O–H groups in total. The molecule has 0 spiro atoms. The van der Waals surface area contributed by atoms with Crippen LogP contribution in [-0.4, -0.2) is 36.6 Å². The molecule has 0 radical (unpaired) electrons. The molecule has 0 fully saturated rings. The minimum atomic E-state index is -0.364. The normalized spacial score (nSPS) is 10.4. The average Bonchev–Trinajstić information content (AvgIpc) is 2.77. The predicted molar refractivity (Wildman–Crippen MR) is 117 cm³/mol. The summed E-state index contributed by atoms with van der Waals surface area (Å²) >= 11 is 5.89. The lowest BCUT2D eigenvalue weighted by Gasteiger charge is -2.12. The second-order valence-electron chi connectivity index (χ2n) is 6.96. The minimum absolute atomic E-state index is 0.109. The summed E-state index contributed by atoms with van der Waals surface area (Å²) < 4.78 is 0. The molecule has 0 unspecified atom stereocenters. The summed E-state index contributed by atoms with van der Waals surface area (Å²) in [6.45, 7) is 0.233. The zero-order valence-corrected chi connectivity index (χ0v) is 17.4. The van der Waals surface area contributed by atoms with E-state index < -0.39 is 0 Å². The molecule has 0 atom stereocenters. The summed E-state index contributed by atoms with van der Waals surface area (Å²) in [5, 5.41) is 3.36. The first-order chi connectivity index (χ1) is 14.4. The highest BCUT2D eigenvalue weighted by Crippen LogP contribution is 2.17. The van der Waals surface area contributed by atoms with E-state index >= 15 is 0 Å². The van der Waals surface area contributed by atoms with Crippen LogP contribution in [0.5, 0.6) is 0 Å². The average molecular weight is 421 g/mol. The number of hydrogen-bond donors (Lipinski definition) is 1. The number of amides is 2. The van der Waals surface area contributed by atoms with Gasteiger partial charge in [-0.3, -0.25) is 14.4 Å². The fourth-order valence-electron chi connectivity index (χ4n) is 2.99. The summed E-state index contributed by atoms with van der Waals surface area (Å²) in [7, 11) is 3.37. The summed E-state index contributed by atoms with van der Waals surface area (Å²) in [5.41, 5.74) is 2.39. The fourth-order valence-corrected chi connectivity index (χ4v) is 3.11. The van der Waals surface area contributed by atoms with Crippen molar-refractivity contribution in [2.75, 3.05) is 14.1 Å². The molecule has 0 saturated heterocycles. The van der Waals surface area contributed by atoms with Crippen molar-refractivity contribution in [1.29, 1.82) is 0 Å². The molecule has 3 aromatic carbocycles. The van der Waals surface area contributed by atoms with E-state index in [1.54, 1.807) is 80.8 Å². The molecule has 0 aliphatic heterocycles. The van der Waals surface area contributed by atoms with Gasteiger partial charge in [0.2, 0.25) is 0 Å². The second-order valence-corrected chi connectivity index (χ2v) is 7.40. The third-order valence-electron chi connectivity index (χ3n) is 4.56. The Hall–Kier alpha value is -3.44. The van der Waals surface area contributed by atoms with Gasteiger partial charge in [-0.05, 0) is 48.0 Å². The lowest BCUT2D eigenvalue weighted by atomic mass is 9.98. The Morgan fingerprint density at radius 1 is 0.833 bits per heavy atom. The van der Waals surface area contributed by atoms with E-state index in [4.69, 9.17) is 11.6 Å². The lowest BCUT2D eigenvalue weighted by Crippen LogP contribution is -2.25. The Labute approximate surface area is 180 Å². The largest absolute Gasteiger partial charge is 0.348 e. The molecule has 30 heavy (non-hydrogen) atoms. The Kier molecular flexibility index (Phi) is 6.65. The molecular weight excluding hydrogens is 400 g/mol. The summed E-state index contributed by atoms with van der Waals surface area (Å²) in [4.78, 5) is 39.3. The van der Waals surface area contributed by atoms with Crippen LogP contribution in [0.4, 0.5) is 0 Å². The van der Waals surface area contributed by atoms with Gasteiger partial charge in [0.1, 0.15) is 0 Å². The van der Waals surface area contributed by atoms with E-state index in [1.165, 1.54) is 4.90 Å². The van der Waals surface area contributed by atoms with Crippen LogP contribution in [0.3, 0.4) is 0 Å². The molecule has 0 heterocycles. The molecule has 0 bridgehead atoms. The number of carbonyl (C=O) groups excluding carboxylic acids is 3. The van der Waals surface area contributed by atoms with E-state index in [9.17, 15) is 14.4 Å². The monoisotopic (exact) mass is 420 g/mol. The number of rotatable bonds is 6. The molecule has 6 heteroatoms. The minimum Gasteiger partial charge on any atom is -0.348 e. The fraction of sp³-hybridized carbons (Fsp3) is 0.125. The van der Waals surface area contributed by atoms with Crippen molar-refractivity contribution < 1.29 is 14.4 Å². The number of benzene rings is 3. The van der Waals surface area contributed by atoms with Gasteiger partial charge in [-0.1, -0.05) is 41.9 Å². The van der Waals surface area contributed by atoms with Crippen molar-refractivity contribution in [3.63, 3.8) is 0 Å². The number of hydrogen-bond acceptors (Lipinski definition) is 3. The molecule has 0 aromatic heterocycles. The molecule has 2 amide bonds. The van der Waals surface area contributed by atoms with Gasteiger partial charge in [-0.2, -0.15) is 0 Å². The third-order valence-corrected chi connectivity index (χ3v) is 4.81. The summed E-state index contributed by atoms with van der Waals surface area (Å²) in [6, 6.07) is 20.3. The van der Waals surface area contributed by atoms with Gasteiger partial charge in [-0.25, -0.2) is 0 Å². The SMILES string of the molecule is CN(C)C(=O)c1cccc(CNC(=O)c2ccccc2C(=O)c2ccc(Cl)cc2)c1. The third kappa shape index (κ3) is 4.93. The van der Waals surface area contributed by atoms with Crippen LogP contribution >= 0.6 is 11.6 Å². The van der Waals surface area contributed by atoms with E-state index in [0.29, 0.717) is 21.7 Å². The van der Waals surface area contributed by atoms with Crippen LogP contribution in [-0.2, 0) is 6.54 Å². The zero-order valence-electron chi connectivity index (χ0n) is 16.7. The van der Waals surface area contributed by atoms with E-state index in [1.807, 2.05) is 6.07 Å². The smallest absolute Gasteiger partial charge is 0.253 e. The molecule has 3 aromatic rings. The van der Waals surface area contributed by atoms with Crippen molar-refractivity contribution in [2.24, 2.45) is 0 Å². The number of nitrogens with zero attached hydrogens (tertiary/aromatic N) is 1. The molecule has 3 rings (SSSR count). The Morgan fingerprint density at radius 3 is 2.17 bits per heavy atom. The Morgan fingerprint density at radius 2 is 1.50 bits per heavy atom. The Bertz CT molecular complexity index is 1090. The first-order valence-electron chi connectivity index (χ1n) is 9.35. The Balaban J connectivity index is 1.77. The van der Waals surface area contributed by atoms with E-state index in [0.717, 1.165) is 5.56 Å². The molecule has 0 aliphatic rings. The lowest BCUT2D eigenvalue weighted by molar-refractivity contribution is 0.0827. The second kappa shape index (κ2) is 9.37. The van der Waals surface area contributed by atoms with Crippen molar-refractivity contribution in [2.45, 2.75) is 6.54 Å². The number of halogens is 1. The molecule has 5 nitrogen and oxygen atoms in total. The number of carbonyl (C=O) groups is 3. The van der Waals surface area contributed by atoms with Crippen LogP contribution in [0, 0.1) is 0 Å². The maximum atomic E-state index is 12.9. The molecule has 152 valence electrons. The van der Waals surface area contributed by atoms with Crippen molar-refractivity contribution >= 4 is 29.2 Å². The van der Waals surface area contributed by atoms with Gasteiger partial charge in [-0.15, -0.1) is 0 Å². The highest BCUT2D eigenvalue weighted by Gasteiger charge is 2.18. The maximum Gasteiger partial charge on any atom is 0.253 e. The van der Waals surface area contributed by atoms with E-state index in [2.05, 4.69) is 5.32 Å². The van der Waals surface area contributed by atoms with Crippen molar-refractivity contribution in [3.8, 4) is 0 Å². The van der Waals surface area contributed by atoms with Gasteiger partial charge in [0, 0.05) is 42.4 Å². The topological polar surface area (TPSA) is 66.5 Å². The van der Waals surface area contributed by atoms with Gasteiger partial charge in [0.05, 0.1) is 5.56 Å². The first kappa shape index (κ1) is 21.3. The van der Waals surface area contributed by atoms with Crippen LogP contribution < -0.4 is 5.32 Å². The van der Waals surface area contributed by atoms with Gasteiger partial charge in [0.25, 0.3) is 11.8 Å². The van der Waals surface area contributed by atoms with Crippen LogP contribution in [0.15, 0.2) is 72.8 Å². The number of nitrogens with one attached hydrogen (secondary N) is 1. The van der Waals surface area contributed by atoms with Crippen molar-refractivity contribution in [3.05, 3.63) is 106 Å². The first-order valence-corrected chi connectivity index (χ1v) is 9.72. The summed E-state index contributed by atoms with van der Waals surface area (Å²) in [5.74, 6) is -0.727. The molecule has 0 saturated carbocycles. The highest BCUT2D eigenvalue weighted by atomic mass is 35.5. The van der Waals surface area contributed by atoms with Crippen LogP contribution in [0.1, 0.15) is 42.2 Å². The predicted octanol–water partition coefficient (Wildman–Crippen LogP) is 4.20.